The fourth-order valence-electron chi connectivity index (χ4n) is 3.89. The molecule has 0 bridgehead atoms. The van der Waals surface area contributed by atoms with E-state index in [0.717, 1.165) is 24.1 Å². The second kappa shape index (κ2) is 9.64. The summed E-state index contributed by atoms with van der Waals surface area (Å²) in [5, 5.41) is 5.74. The lowest BCUT2D eigenvalue weighted by molar-refractivity contribution is 0.0667. The minimum Gasteiger partial charge on any atom is -0.338 e. The summed E-state index contributed by atoms with van der Waals surface area (Å²) in [4.78, 5) is 31.3. The van der Waals surface area contributed by atoms with Crippen LogP contribution >= 0.6 is 0 Å². The van der Waals surface area contributed by atoms with Gasteiger partial charge in [0.25, 0.3) is 5.91 Å². The molecule has 8 heteroatoms. The molecule has 3 aromatic rings. The van der Waals surface area contributed by atoms with Crippen LogP contribution in [0.5, 0.6) is 0 Å². The third kappa shape index (κ3) is 5.14. The molecule has 7 nitrogen and oxygen atoms in total. The highest BCUT2D eigenvalue weighted by molar-refractivity contribution is 5.93. The van der Waals surface area contributed by atoms with Crippen molar-refractivity contribution in [1.82, 2.24) is 19.8 Å². The molecule has 2 heterocycles. The lowest BCUT2D eigenvalue weighted by Crippen LogP contribution is -2.44. The van der Waals surface area contributed by atoms with E-state index < -0.39 is 0 Å². The number of likely N-dealkylation sites (tertiary alicyclic amines) is 1. The number of piperidine rings is 1. The van der Waals surface area contributed by atoms with Gasteiger partial charge in [-0.2, -0.15) is 0 Å². The van der Waals surface area contributed by atoms with E-state index in [0.29, 0.717) is 31.0 Å². The van der Waals surface area contributed by atoms with E-state index in [1.165, 1.54) is 18.3 Å². The van der Waals surface area contributed by atoms with Gasteiger partial charge in [0.05, 0.1) is 12.5 Å². The molecule has 1 aliphatic heterocycles. The van der Waals surface area contributed by atoms with Gasteiger partial charge in [0, 0.05) is 31.0 Å². The van der Waals surface area contributed by atoms with E-state index in [-0.39, 0.29) is 23.7 Å². The van der Waals surface area contributed by atoms with Crippen LogP contribution in [0.1, 0.15) is 28.9 Å². The molecule has 0 aliphatic carbocycles. The van der Waals surface area contributed by atoms with Gasteiger partial charge in [0.2, 0.25) is 0 Å². The number of amides is 3. The Morgan fingerprint density at radius 3 is 2.62 bits per heavy atom. The van der Waals surface area contributed by atoms with Gasteiger partial charge in [0.15, 0.2) is 0 Å². The van der Waals surface area contributed by atoms with Crippen LogP contribution in [0, 0.1) is 18.7 Å². The zero-order chi connectivity index (χ0) is 22.5. The van der Waals surface area contributed by atoms with Crippen molar-refractivity contribution in [2.45, 2.75) is 19.8 Å². The third-order valence-corrected chi connectivity index (χ3v) is 5.63. The Kier molecular flexibility index (Phi) is 6.49. The molecule has 2 N–H and O–H groups in total. The van der Waals surface area contributed by atoms with Gasteiger partial charge in [-0.05, 0) is 62.1 Å². The van der Waals surface area contributed by atoms with Crippen molar-refractivity contribution in [3.8, 4) is 5.69 Å². The van der Waals surface area contributed by atoms with Crippen LogP contribution in [0.3, 0.4) is 0 Å². The fourth-order valence-corrected chi connectivity index (χ4v) is 3.89. The van der Waals surface area contributed by atoms with Gasteiger partial charge < -0.3 is 15.5 Å². The highest BCUT2D eigenvalue weighted by atomic mass is 19.1. The Morgan fingerprint density at radius 1 is 1.12 bits per heavy atom. The van der Waals surface area contributed by atoms with E-state index in [2.05, 4.69) is 15.6 Å². The van der Waals surface area contributed by atoms with Gasteiger partial charge in [0.1, 0.15) is 11.5 Å². The average Bonchev–Trinajstić information content (AvgIpc) is 3.29. The van der Waals surface area contributed by atoms with Gasteiger partial charge in [-0.3, -0.25) is 9.36 Å². The standard InChI is InChI=1S/C24H26FN5O2/c1-17-4-8-20(9-5-17)28-24(32)27-13-18-3-2-12-29(15-18)23(31)22-14-26-16-30(22)21-10-6-19(25)7-11-21/h4-11,14,16,18H,2-3,12-13,15H2,1H3,(H2,27,28,32). The molecule has 166 valence electrons. The molecule has 4 rings (SSSR count). The van der Waals surface area contributed by atoms with E-state index in [1.54, 1.807) is 27.9 Å². The Labute approximate surface area is 186 Å². The number of halogens is 1. The van der Waals surface area contributed by atoms with E-state index >= 15 is 0 Å². The first-order valence-electron chi connectivity index (χ1n) is 10.7. The number of benzene rings is 2. The maximum Gasteiger partial charge on any atom is 0.319 e. The molecular formula is C24H26FN5O2. The van der Waals surface area contributed by atoms with Crippen molar-refractivity contribution < 1.29 is 14.0 Å². The van der Waals surface area contributed by atoms with Crippen molar-refractivity contribution in [1.29, 1.82) is 0 Å². The van der Waals surface area contributed by atoms with E-state index in [4.69, 9.17) is 0 Å². The molecule has 2 aromatic carbocycles. The Bertz CT molecular complexity index is 1080. The van der Waals surface area contributed by atoms with Crippen LogP contribution < -0.4 is 10.6 Å². The topological polar surface area (TPSA) is 79.3 Å². The normalized spacial score (nSPS) is 15.9. The number of rotatable bonds is 5. The summed E-state index contributed by atoms with van der Waals surface area (Å²) in [6, 6.07) is 13.3. The van der Waals surface area contributed by atoms with Crippen LogP contribution in [0.2, 0.25) is 0 Å². The Morgan fingerprint density at radius 2 is 1.88 bits per heavy atom. The fraction of sp³-hybridized carbons (Fsp3) is 0.292. The van der Waals surface area contributed by atoms with Gasteiger partial charge in [-0.15, -0.1) is 0 Å². The zero-order valence-electron chi connectivity index (χ0n) is 17.9. The van der Waals surface area contributed by atoms with Gasteiger partial charge >= 0.3 is 6.03 Å². The maximum atomic E-state index is 13.3. The summed E-state index contributed by atoms with van der Waals surface area (Å²) in [5.41, 5.74) is 2.98. The SMILES string of the molecule is Cc1ccc(NC(=O)NCC2CCCN(C(=O)c3cncn3-c3ccc(F)cc3)C2)cc1. The Balaban J connectivity index is 1.34. The van der Waals surface area contributed by atoms with Crippen LogP contribution in [-0.2, 0) is 0 Å². The molecule has 32 heavy (non-hydrogen) atoms. The monoisotopic (exact) mass is 435 g/mol. The summed E-state index contributed by atoms with van der Waals surface area (Å²) in [6.07, 6.45) is 4.88. The molecule has 0 radical (unpaired) electrons. The number of nitrogens with one attached hydrogen (secondary N) is 2. The summed E-state index contributed by atoms with van der Waals surface area (Å²) in [5.74, 6) is -0.293. The number of imidazole rings is 1. The lowest BCUT2D eigenvalue weighted by atomic mass is 9.98. The summed E-state index contributed by atoms with van der Waals surface area (Å²) >= 11 is 0. The number of aromatic nitrogens is 2. The van der Waals surface area contributed by atoms with Crippen LogP contribution in [0.25, 0.3) is 5.69 Å². The molecule has 0 spiro atoms. The second-order valence-electron chi connectivity index (χ2n) is 8.09. The first-order valence-corrected chi connectivity index (χ1v) is 10.7. The van der Waals surface area contributed by atoms with E-state index in [1.807, 2.05) is 31.2 Å². The van der Waals surface area contributed by atoms with Crippen molar-refractivity contribution in [2.75, 3.05) is 25.0 Å². The van der Waals surface area contributed by atoms with Gasteiger partial charge in [-0.1, -0.05) is 17.7 Å². The van der Waals surface area contributed by atoms with Crippen molar-refractivity contribution in [3.63, 3.8) is 0 Å². The molecule has 1 saturated heterocycles. The lowest BCUT2D eigenvalue weighted by Gasteiger charge is -2.33. The number of hydrogen-bond donors (Lipinski definition) is 2. The number of urea groups is 1. The number of aryl methyl sites for hydroxylation is 1. The average molecular weight is 436 g/mol. The van der Waals surface area contributed by atoms with Crippen molar-refractivity contribution >= 4 is 17.6 Å². The minimum absolute atomic E-state index is 0.124. The maximum absolute atomic E-state index is 13.3. The molecule has 1 atom stereocenters. The van der Waals surface area contributed by atoms with Crippen molar-refractivity contribution in [2.24, 2.45) is 5.92 Å². The molecule has 3 amide bonds. The molecule has 1 unspecified atom stereocenters. The predicted molar refractivity (Wildman–Crippen MR) is 120 cm³/mol. The quantitative estimate of drug-likeness (QED) is 0.636. The summed E-state index contributed by atoms with van der Waals surface area (Å²) < 4.78 is 14.9. The number of hydrogen-bond acceptors (Lipinski definition) is 3. The highest BCUT2D eigenvalue weighted by Gasteiger charge is 2.27. The second-order valence-corrected chi connectivity index (χ2v) is 8.09. The highest BCUT2D eigenvalue weighted by Crippen LogP contribution is 2.20. The number of anilines is 1. The van der Waals surface area contributed by atoms with Crippen LogP contribution in [-0.4, -0.2) is 46.0 Å². The number of carbonyl (C=O) groups is 2. The van der Waals surface area contributed by atoms with Gasteiger partial charge in [-0.25, -0.2) is 14.2 Å². The minimum atomic E-state index is -0.334. The zero-order valence-corrected chi connectivity index (χ0v) is 17.9. The molecule has 1 aromatic heterocycles. The molecule has 0 saturated carbocycles. The number of nitrogens with zero attached hydrogens (tertiary/aromatic N) is 3. The first kappa shape index (κ1) is 21.5. The van der Waals surface area contributed by atoms with Crippen LogP contribution in [0.15, 0.2) is 61.1 Å². The summed E-state index contributed by atoms with van der Waals surface area (Å²) in [7, 11) is 0. The smallest absolute Gasteiger partial charge is 0.319 e. The third-order valence-electron chi connectivity index (χ3n) is 5.63. The molecular weight excluding hydrogens is 409 g/mol. The Hall–Kier alpha value is -3.68. The molecule has 1 aliphatic rings. The summed E-state index contributed by atoms with van der Waals surface area (Å²) in [6.45, 7) is 3.68. The predicted octanol–water partition coefficient (Wildman–Crippen LogP) is 3.99. The molecule has 1 fully saturated rings. The van der Waals surface area contributed by atoms with E-state index in [9.17, 15) is 14.0 Å². The first-order chi connectivity index (χ1) is 15.5. The van der Waals surface area contributed by atoms with Crippen LogP contribution in [0.4, 0.5) is 14.9 Å². The largest absolute Gasteiger partial charge is 0.338 e. The number of carbonyl (C=O) groups excluding carboxylic acids is 2. The van der Waals surface area contributed by atoms with Crippen molar-refractivity contribution in [3.05, 3.63) is 78.1 Å².